The minimum Gasteiger partial charge on any atom is -0.505 e. The van der Waals surface area contributed by atoms with Crippen LogP contribution in [0.25, 0.3) is 5.57 Å². The summed E-state index contributed by atoms with van der Waals surface area (Å²) in [5.41, 5.74) is 2.21. The predicted octanol–water partition coefficient (Wildman–Crippen LogP) is 3.84. The lowest BCUT2D eigenvalue weighted by molar-refractivity contribution is -0.138. The van der Waals surface area contributed by atoms with Crippen molar-refractivity contribution >= 4 is 11.5 Å². The number of nitrogens with zero attached hydrogens (tertiary/aromatic N) is 3. The minimum absolute atomic E-state index is 0.137. The molecule has 0 unspecified atom stereocenters. The van der Waals surface area contributed by atoms with E-state index in [1.54, 1.807) is 18.0 Å². The van der Waals surface area contributed by atoms with E-state index < -0.39 is 5.97 Å². The van der Waals surface area contributed by atoms with E-state index in [-0.39, 0.29) is 24.1 Å². The van der Waals surface area contributed by atoms with Crippen molar-refractivity contribution < 1.29 is 14.6 Å². The number of benzene rings is 1. The molecule has 25 heavy (non-hydrogen) atoms. The third-order valence-corrected chi connectivity index (χ3v) is 3.57. The van der Waals surface area contributed by atoms with Crippen LogP contribution in [0.4, 0.5) is 0 Å². The van der Waals surface area contributed by atoms with Gasteiger partial charge in [-0.15, -0.1) is 5.11 Å². The number of allylic oxidation sites excluding steroid dienone is 1. The number of aliphatic hydroxyl groups is 1. The number of hydrogen-bond donors (Lipinski definition) is 1. The fraction of sp³-hybridized carbons (Fsp3) is 0.421. The maximum absolute atomic E-state index is 12.3. The number of rotatable bonds is 7. The number of aliphatic hydroxyl groups excluding tert-OH is 1. The minimum atomic E-state index is -0.679. The second-order valence-electron chi connectivity index (χ2n) is 6.24. The Hall–Kier alpha value is -2.63. The molecule has 1 aliphatic carbocycles. The van der Waals surface area contributed by atoms with Gasteiger partial charge in [0.15, 0.2) is 5.76 Å². The van der Waals surface area contributed by atoms with Gasteiger partial charge < -0.3 is 14.7 Å². The molecule has 6 nitrogen and oxygen atoms in total. The molecule has 0 radical (unpaired) electrons. The van der Waals surface area contributed by atoms with Crippen LogP contribution < -0.4 is 0 Å². The van der Waals surface area contributed by atoms with Gasteiger partial charge in [-0.2, -0.15) is 5.11 Å². The molecule has 1 N–H and O–H groups in total. The highest BCUT2D eigenvalue weighted by Gasteiger charge is 2.24. The Morgan fingerprint density at radius 1 is 1.32 bits per heavy atom. The van der Waals surface area contributed by atoms with Gasteiger partial charge >= 0.3 is 5.97 Å². The lowest BCUT2D eigenvalue weighted by Gasteiger charge is -2.14. The van der Waals surface area contributed by atoms with Crippen LogP contribution in [0.2, 0.25) is 0 Å². The van der Waals surface area contributed by atoms with Crippen LogP contribution in [0, 0.1) is 6.92 Å². The standard InChI is InChI=1S/C19H25N3O3/c1-5-25-19(24)17(21-20-15-10-11-15)18(23)16(12-22(3)4)14-8-6-13(2)7-9-14/h6-9,12,15,23H,5,10-11H2,1-4H3/b16-12+,18-17?,21-20?. The van der Waals surface area contributed by atoms with Crippen LogP contribution in [-0.4, -0.2) is 42.7 Å². The lowest BCUT2D eigenvalue weighted by atomic mass is 10.0. The Morgan fingerprint density at radius 2 is 1.96 bits per heavy atom. The number of hydrogen-bond acceptors (Lipinski definition) is 6. The van der Waals surface area contributed by atoms with Crippen molar-refractivity contribution in [2.24, 2.45) is 10.2 Å². The second kappa shape index (κ2) is 8.46. The Labute approximate surface area is 148 Å². The zero-order chi connectivity index (χ0) is 18.4. The quantitative estimate of drug-likeness (QED) is 0.268. The number of carbonyl (C=O) groups excluding carboxylic acids is 1. The van der Waals surface area contributed by atoms with Gasteiger partial charge in [0.25, 0.3) is 0 Å². The monoisotopic (exact) mass is 343 g/mol. The van der Waals surface area contributed by atoms with E-state index in [0.717, 1.165) is 24.0 Å². The van der Waals surface area contributed by atoms with E-state index in [1.165, 1.54) is 0 Å². The Kier molecular flexibility index (Phi) is 6.33. The molecule has 1 fully saturated rings. The van der Waals surface area contributed by atoms with Crippen molar-refractivity contribution in [2.75, 3.05) is 20.7 Å². The molecule has 0 aliphatic heterocycles. The zero-order valence-electron chi connectivity index (χ0n) is 15.2. The fourth-order valence-electron chi connectivity index (χ4n) is 2.10. The number of ether oxygens (including phenoxy) is 1. The maximum atomic E-state index is 12.3. The molecule has 6 heteroatoms. The molecule has 0 aromatic heterocycles. The van der Waals surface area contributed by atoms with Gasteiger partial charge in [-0.1, -0.05) is 29.8 Å². The van der Waals surface area contributed by atoms with Crippen molar-refractivity contribution in [1.29, 1.82) is 0 Å². The maximum Gasteiger partial charge on any atom is 0.362 e. The summed E-state index contributed by atoms with van der Waals surface area (Å²) in [6.45, 7) is 3.90. The van der Waals surface area contributed by atoms with Gasteiger partial charge in [-0.3, -0.25) is 0 Å². The highest BCUT2D eigenvalue weighted by atomic mass is 16.5. The number of carbonyl (C=O) groups is 1. The van der Waals surface area contributed by atoms with Crippen LogP contribution in [0.15, 0.2) is 52.2 Å². The van der Waals surface area contributed by atoms with E-state index in [1.807, 2.05) is 45.3 Å². The predicted molar refractivity (Wildman–Crippen MR) is 97.0 cm³/mol. The SMILES string of the molecule is CCOC(=O)C(N=NC1CC1)=C(O)/C(=C/N(C)C)c1ccc(C)cc1. The summed E-state index contributed by atoms with van der Waals surface area (Å²) >= 11 is 0. The summed E-state index contributed by atoms with van der Waals surface area (Å²) < 4.78 is 5.04. The molecule has 1 aromatic carbocycles. The van der Waals surface area contributed by atoms with E-state index in [9.17, 15) is 9.90 Å². The van der Waals surface area contributed by atoms with Crippen LogP contribution in [0.5, 0.6) is 0 Å². The molecule has 0 amide bonds. The molecule has 0 saturated heterocycles. The molecule has 1 aliphatic rings. The lowest BCUT2D eigenvalue weighted by Crippen LogP contribution is -2.11. The Bertz CT molecular complexity index is 699. The zero-order valence-corrected chi connectivity index (χ0v) is 15.2. The van der Waals surface area contributed by atoms with Crippen LogP contribution in [-0.2, 0) is 9.53 Å². The Morgan fingerprint density at radius 3 is 2.48 bits per heavy atom. The summed E-state index contributed by atoms with van der Waals surface area (Å²) in [6.07, 6.45) is 3.66. The largest absolute Gasteiger partial charge is 0.505 e. The first-order chi connectivity index (χ1) is 11.9. The van der Waals surface area contributed by atoms with Gasteiger partial charge in [-0.05, 0) is 32.3 Å². The number of aryl methyl sites for hydroxylation is 1. The van der Waals surface area contributed by atoms with E-state index in [4.69, 9.17) is 4.74 Å². The van der Waals surface area contributed by atoms with Crippen molar-refractivity contribution in [3.05, 3.63) is 53.0 Å². The van der Waals surface area contributed by atoms with Crippen LogP contribution in [0.3, 0.4) is 0 Å². The summed E-state index contributed by atoms with van der Waals surface area (Å²) in [5, 5.41) is 18.9. The van der Waals surface area contributed by atoms with Crippen LogP contribution >= 0.6 is 0 Å². The first-order valence-electron chi connectivity index (χ1n) is 8.39. The summed E-state index contributed by atoms with van der Waals surface area (Å²) in [7, 11) is 3.69. The highest BCUT2D eigenvalue weighted by molar-refractivity contribution is 5.93. The van der Waals surface area contributed by atoms with Crippen molar-refractivity contribution in [3.8, 4) is 0 Å². The first kappa shape index (κ1) is 18.7. The smallest absolute Gasteiger partial charge is 0.362 e. The van der Waals surface area contributed by atoms with Gasteiger partial charge in [0, 0.05) is 25.9 Å². The molecular formula is C19H25N3O3. The van der Waals surface area contributed by atoms with Crippen molar-refractivity contribution in [3.63, 3.8) is 0 Å². The summed E-state index contributed by atoms with van der Waals surface area (Å²) in [6, 6.07) is 7.81. The molecule has 134 valence electrons. The second-order valence-corrected chi connectivity index (χ2v) is 6.24. The van der Waals surface area contributed by atoms with Crippen molar-refractivity contribution in [1.82, 2.24) is 4.90 Å². The first-order valence-corrected chi connectivity index (χ1v) is 8.39. The van der Waals surface area contributed by atoms with E-state index in [0.29, 0.717) is 5.57 Å². The molecule has 0 heterocycles. The van der Waals surface area contributed by atoms with E-state index >= 15 is 0 Å². The molecule has 1 saturated carbocycles. The number of azo groups is 1. The topological polar surface area (TPSA) is 74.5 Å². The molecular weight excluding hydrogens is 318 g/mol. The molecule has 2 rings (SSSR count). The molecule has 1 aromatic rings. The van der Waals surface area contributed by atoms with Gasteiger partial charge in [0.2, 0.25) is 5.70 Å². The Balaban J connectivity index is 2.50. The average molecular weight is 343 g/mol. The number of esters is 1. The summed E-state index contributed by atoms with van der Waals surface area (Å²) in [5.74, 6) is -0.915. The third kappa shape index (κ3) is 5.45. The molecule has 0 spiro atoms. The summed E-state index contributed by atoms with van der Waals surface area (Å²) in [4.78, 5) is 14.1. The highest BCUT2D eigenvalue weighted by Crippen LogP contribution is 2.28. The average Bonchev–Trinajstić information content (AvgIpc) is 3.38. The van der Waals surface area contributed by atoms with E-state index in [2.05, 4.69) is 10.2 Å². The van der Waals surface area contributed by atoms with Gasteiger partial charge in [0.1, 0.15) is 0 Å². The third-order valence-electron chi connectivity index (χ3n) is 3.57. The van der Waals surface area contributed by atoms with Crippen molar-refractivity contribution in [2.45, 2.75) is 32.7 Å². The normalized spacial score (nSPS) is 15.9. The fourth-order valence-corrected chi connectivity index (χ4v) is 2.10. The molecule has 0 atom stereocenters. The van der Waals surface area contributed by atoms with Gasteiger partial charge in [0.05, 0.1) is 12.6 Å². The van der Waals surface area contributed by atoms with Gasteiger partial charge in [-0.25, -0.2) is 4.79 Å². The molecule has 0 bridgehead atoms. The van der Waals surface area contributed by atoms with Crippen LogP contribution in [0.1, 0.15) is 30.9 Å².